The van der Waals surface area contributed by atoms with Gasteiger partial charge in [0.15, 0.2) is 0 Å². The zero-order chi connectivity index (χ0) is 15.7. The molecular weight excluding hydrogens is 345 g/mol. The van der Waals surface area contributed by atoms with E-state index < -0.39 is 0 Å². The average molecular weight is 362 g/mol. The van der Waals surface area contributed by atoms with E-state index in [0.29, 0.717) is 18.5 Å². The SMILES string of the molecule is CC(CC(=O)N1CCc2ccc(Br)cc21)c1ccccc1F. The largest absolute Gasteiger partial charge is 0.312 e. The van der Waals surface area contributed by atoms with Crippen LogP contribution in [0.4, 0.5) is 10.1 Å². The number of rotatable bonds is 3. The molecule has 0 saturated heterocycles. The highest BCUT2D eigenvalue weighted by Gasteiger charge is 2.26. The predicted octanol–water partition coefficient (Wildman–Crippen LogP) is 4.67. The molecule has 3 rings (SSSR count). The van der Waals surface area contributed by atoms with E-state index in [2.05, 4.69) is 15.9 Å². The number of fused-ring (bicyclic) bond motifs is 1. The van der Waals surface area contributed by atoms with Crippen LogP contribution in [0.2, 0.25) is 0 Å². The Bertz CT molecular complexity index is 716. The predicted molar refractivity (Wildman–Crippen MR) is 89.6 cm³/mol. The Morgan fingerprint density at radius 2 is 2.09 bits per heavy atom. The standard InChI is InChI=1S/C18H17BrFNO/c1-12(15-4-2-3-5-16(15)20)10-18(22)21-9-8-13-6-7-14(19)11-17(13)21/h2-7,11-12H,8-10H2,1H3. The zero-order valence-electron chi connectivity index (χ0n) is 12.4. The molecule has 0 bridgehead atoms. The number of carbonyl (C=O) groups excluding carboxylic acids is 1. The lowest BCUT2D eigenvalue weighted by Crippen LogP contribution is -2.29. The van der Waals surface area contributed by atoms with Crippen molar-refractivity contribution in [3.63, 3.8) is 0 Å². The van der Waals surface area contributed by atoms with Crippen molar-refractivity contribution >= 4 is 27.5 Å². The summed E-state index contributed by atoms with van der Waals surface area (Å²) >= 11 is 3.45. The summed E-state index contributed by atoms with van der Waals surface area (Å²) in [7, 11) is 0. The molecule has 22 heavy (non-hydrogen) atoms. The monoisotopic (exact) mass is 361 g/mol. The summed E-state index contributed by atoms with van der Waals surface area (Å²) in [6.45, 7) is 2.60. The molecule has 0 fully saturated rings. The van der Waals surface area contributed by atoms with E-state index >= 15 is 0 Å². The van der Waals surface area contributed by atoms with E-state index in [0.717, 1.165) is 16.6 Å². The highest BCUT2D eigenvalue weighted by atomic mass is 79.9. The minimum absolute atomic E-state index is 0.0487. The van der Waals surface area contributed by atoms with Crippen molar-refractivity contribution in [1.82, 2.24) is 0 Å². The molecular formula is C18H17BrFNO. The van der Waals surface area contributed by atoms with Crippen molar-refractivity contribution in [2.45, 2.75) is 25.7 Å². The third kappa shape index (κ3) is 2.93. The normalized spacial score (nSPS) is 14.8. The highest BCUT2D eigenvalue weighted by molar-refractivity contribution is 9.10. The number of anilines is 1. The van der Waals surface area contributed by atoms with Gasteiger partial charge in [0.05, 0.1) is 0 Å². The molecule has 1 unspecified atom stereocenters. The molecule has 114 valence electrons. The van der Waals surface area contributed by atoms with Gasteiger partial charge in [-0.15, -0.1) is 0 Å². The number of hydrogen-bond acceptors (Lipinski definition) is 1. The van der Waals surface area contributed by atoms with Crippen LogP contribution >= 0.6 is 15.9 Å². The highest BCUT2D eigenvalue weighted by Crippen LogP contribution is 2.32. The molecule has 0 radical (unpaired) electrons. The van der Waals surface area contributed by atoms with Gasteiger partial charge in [-0.3, -0.25) is 4.79 Å². The van der Waals surface area contributed by atoms with Crippen LogP contribution in [0.5, 0.6) is 0 Å². The molecule has 1 aliphatic heterocycles. The number of amides is 1. The number of hydrogen-bond donors (Lipinski definition) is 0. The molecule has 4 heteroatoms. The number of carbonyl (C=O) groups is 1. The molecule has 2 aromatic rings. The van der Waals surface area contributed by atoms with Crippen molar-refractivity contribution in [2.24, 2.45) is 0 Å². The molecule has 1 aliphatic rings. The maximum absolute atomic E-state index is 13.8. The molecule has 1 heterocycles. The van der Waals surface area contributed by atoms with Crippen LogP contribution in [0.1, 0.15) is 30.4 Å². The Balaban J connectivity index is 1.77. The molecule has 0 N–H and O–H groups in total. The molecule has 1 amide bonds. The van der Waals surface area contributed by atoms with Gasteiger partial charge in [0.25, 0.3) is 0 Å². The van der Waals surface area contributed by atoms with Crippen molar-refractivity contribution < 1.29 is 9.18 Å². The van der Waals surface area contributed by atoms with Crippen LogP contribution in [-0.2, 0) is 11.2 Å². The first kappa shape index (κ1) is 15.2. The van der Waals surface area contributed by atoms with Gasteiger partial charge < -0.3 is 4.90 Å². The van der Waals surface area contributed by atoms with Crippen LogP contribution < -0.4 is 4.90 Å². The Morgan fingerprint density at radius 3 is 2.86 bits per heavy atom. The Kier molecular flexibility index (Phi) is 4.30. The van der Waals surface area contributed by atoms with E-state index in [-0.39, 0.29) is 17.6 Å². The summed E-state index contributed by atoms with van der Waals surface area (Å²) < 4.78 is 14.8. The summed E-state index contributed by atoms with van der Waals surface area (Å²) in [5.74, 6) is -0.329. The van der Waals surface area contributed by atoms with Gasteiger partial charge in [0, 0.05) is 23.1 Å². The van der Waals surface area contributed by atoms with Crippen molar-refractivity contribution in [3.05, 3.63) is 63.9 Å². The van der Waals surface area contributed by atoms with Gasteiger partial charge in [0.1, 0.15) is 5.82 Å². The molecule has 2 nitrogen and oxygen atoms in total. The molecule has 0 spiro atoms. The summed E-state index contributed by atoms with van der Waals surface area (Å²) in [5, 5.41) is 0. The third-order valence-electron chi connectivity index (χ3n) is 4.16. The molecule has 0 aromatic heterocycles. The average Bonchev–Trinajstić information content (AvgIpc) is 2.90. The van der Waals surface area contributed by atoms with Crippen LogP contribution in [0.15, 0.2) is 46.9 Å². The van der Waals surface area contributed by atoms with Crippen LogP contribution in [0.3, 0.4) is 0 Å². The van der Waals surface area contributed by atoms with Gasteiger partial charge >= 0.3 is 0 Å². The lowest BCUT2D eigenvalue weighted by Gasteiger charge is -2.20. The van der Waals surface area contributed by atoms with E-state index in [1.54, 1.807) is 12.1 Å². The topological polar surface area (TPSA) is 20.3 Å². The van der Waals surface area contributed by atoms with Crippen molar-refractivity contribution in [1.29, 1.82) is 0 Å². The first-order chi connectivity index (χ1) is 10.6. The van der Waals surface area contributed by atoms with E-state index in [9.17, 15) is 9.18 Å². The fraction of sp³-hybridized carbons (Fsp3) is 0.278. The molecule has 0 saturated carbocycles. The van der Waals surface area contributed by atoms with E-state index in [4.69, 9.17) is 0 Å². The van der Waals surface area contributed by atoms with Gasteiger partial charge in [-0.2, -0.15) is 0 Å². The lowest BCUT2D eigenvalue weighted by atomic mass is 9.96. The fourth-order valence-electron chi connectivity index (χ4n) is 2.97. The summed E-state index contributed by atoms with van der Waals surface area (Å²) in [6.07, 6.45) is 1.19. The van der Waals surface area contributed by atoms with Crippen molar-refractivity contribution in [2.75, 3.05) is 11.4 Å². The first-order valence-corrected chi connectivity index (χ1v) is 8.19. The maximum Gasteiger partial charge on any atom is 0.227 e. The van der Waals surface area contributed by atoms with Gasteiger partial charge in [-0.25, -0.2) is 4.39 Å². The maximum atomic E-state index is 13.8. The second-order valence-corrected chi connectivity index (χ2v) is 6.61. The Labute approximate surface area is 138 Å². The number of benzene rings is 2. The smallest absolute Gasteiger partial charge is 0.227 e. The van der Waals surface area contributed by atoms with Gasteiger partial charge in [0.2, 0.25) is 5.91 Å². The second-order valence-electron chi connectivity index (χ2n) is 5.70. The fourth-order valence-corrected chi connectivity index (χ4v) is 3.32. The molecule has 1 atom stereocenters. The molecule has 0 aliphatic carbocycles. The van der Waals surface area contributed by atoms with Crippen LogP contribution in [-0.4, -0.2) is 12.5 Å². The third-order valence-corrected chi connectivity index (χ3v) is 4.65. The van der Waals surface area contributed by atoms with E-state index in [1.165, 1.54) is 11.6 Å². The van der Waals surface area contributed by atoms with E-state index in [1.807, 2.05) is 36.1 Å². The second kappa shape index (κ2) is 6.21. The van der Waals surface area contributed by atoms with Crippen LogP contribution in [0, 0.1) is 5.82 Å². The minimum atomic E-state index is -0.243. The Hall–Kier alpha value is -1.68. The molecule has 2 aromatic carbocycles. The number of nitrogens with zero attached hydrogens (tertiary/aromatic N) is 1. The summed E-state index contributed by atoms with van der Waals surface area (Å²) in [4.78, 5) is 14.4. The van der Waals surface area contributed by atoms with Crippen molar-refractivity contribution in [3.8, 4) is 0 Å². The first-order valence-electron chi connectivity index (χ1n) is 7.39. The quantitative estimate of drug-likeness (QED) is 0.777. The lowest BCUT2D eigenvalue weighted by molar-refractivity contribution is -0.118. The zero-order valence-corrected chi connectivity index (χ0v) is 13.9. The minimum Gasteiger partial charge on any atom is -0.312 e. The summed E-state index contributed by atoms with van der Waals surface area (Å²) in [6, 6.07) is 12.7. The number of halogens is 2. The summed E-state index contributed by atoms with van der Waals surface area (Å²) in [5.41, 5.74) is 2.76. The van der Waals surface area contributed by atoms with Gasteiger partial charge in [-0.05, 0) is 41.7 Å². The Morgan fingerprint density at radius 1 is 1.32 bits per heavy atom. The van der Waals surface area contributed by atoms with Crippen LogP contribution in [0.25, 0.3) is 0 Å². The van der Waals surface area contributed by atoms with Gasteiger partial charge in [-0.1, -0.05) is 47.1 Å².